The molecule has 3 rings (SSSR count). The molecule has 2 aromatic heterocycles. The maximum Gasteiger partial charge on any atom is 0.349 e. The van der Waals surface area contributed by atoms with Crippen molar-refractivity contribution in [1.82, 2.24) is 9.29 Å². The van der Waals surface area contributed by atoms with Crippen LogP contribution in [0.4, 0.5) is 5.82 Å². The molecule has 2 aromatic rings. The summed E-state index contributed by atoms with van der Waals surface area (Å²) in [6.07, 6.45) is 0. The van der Waals surface area contributed by atoms with Gasteiger partial charge in [-0.3, -0.25) is 0 Å². The van der Waals surface area contributed by atoms with Gasteiger partial charge in [0.05, 0.1) is 7.11 Å². The minimum absolute atomic E-state index is 0.0199. The number of hydrogen-bond donors (Lipinski definition) is 0. The third-order valence-corrected chi connectivity index (χ3v) is 7.02. The third-order valence-electron chi connectivity index (χ3n) is 4.05. The van der Waals surface area contributed by atoms with E-state index >= 15 is 0 Å². The maximum atomic E-state index is 12.9. The van der Waals surface area contributed by atoms with E-state index in [2.05, 4.69) is 14.6 Å². The molecule has 0 bridgehead atoms. The van der Waals surface area contributed by atoms with E-state index in [-0.39, 0.29) is 9.77 Å². The van der Waals surface area contributed by atoms with Gasteiger partial charge in [-0.25, -0.2) is 18.2 Å². The van der Waals surface area contributed by atoms with Crippen molar-refractivity contribution in [1.29, 1.82) is 0 Å². The molecule has 0 spiro atoms. The highest BCUT2D eigenvalue weighted by molar-refractivity contribution is 7.89. The molecule has 1 aliphatic rings. The fourth-order valence-corrected chi connectivity index (χ4v) is 5.47. The van der Waals surface area contributed by atoms with Gasteiger partial charge in [0.2, 0.25) is 10.0 Å². The van der Waals surface area contributed by atoms with Gasteiger partial charge in [-0.05, 0) is 30.5 Å². The maximum absolute atomic E-state index is 12.9. The summed E-state index contributed by atoms with van der Waals surface area (Å²) in [5.74, 6) is 0.221. The van der Waals surface area contributed by atoms with Crippen LogP contribution in [-0.2, 0) is 14.8 Å². The van der Waals surface area contributed by atoms with Gasteiger partial charge >= 0.3 is 5.97 Å². The first kappa shape index (κ1) is 17.8. The normalized spacial score (nSPS) is 16.0. The van der Waals surface area contributed by atoms with Gasteiger partial charge in [0.25, 0.3) is 0 Å². The number of anilines is 1. The van der Waals surface area contributed by atoms with Crippen LogP contribution >= 0.6 is 11.3 Å². The zero-order valence-electron chi connectivity index (χ0n) is 14.0. The van der Waals surface area contributed by atoms with Crippen LogP contribution in [0.1, 0.15) is 15.4 Å². The lowest BCUT2D eigenvalue weighted by Gasteiger charge is -2.34. The Bertz CT molecular complexity index is 871. The van der Waals surface area contributed by atoms with Crippen LogP contribution in [0, 0.1) is 6.92 Å². The number of hydrogen-bond acceptors (Lipinski definition) is 7. The van der Waals surface area contributed by atoms with Gasteiger partial charge in [0, 0.05) is 31.9 Å². The van der Waals surface area contributed by atoms with Crippen LogP contribution in [0.3, 0.4) is 0 Å². The number of piperazine rings is 1. The molecule has 1 saturated heterocycles. The molecule has 0 unspecified atom stereocenters. The summed E-state index contributed by atoms with van der Waals surface area (Å²) in [6.45, 7) is 3.71. The Labute approximate surface area is 150 Å². The van der Waals surface area contributed by atoms with Gasteiger partial charge in [-0.2, -0.15) is 4.31 Å². The molecule has 0 aromatic carbocycles. The Morgan fingerprint density at radius 3 is 2.56 bits per heavy atom. The smallest absolute Gasteiger partial charge is 0.349 e. The summed E-state index contributed by atoms with van der Waals surface area (Å²) in [5.41, 5.74) is 0.925. The molecular formula is C16H19N3O4S2. The van der Waals surface area contributed by atoms with Gasteiger partial charge < -0.3 is 9.64 Å². The number of esters is 1. The fraction of sp³-hybridized carbons (Fsp3) is 0.375. The topological polar surface area (TPSA) is 79.8 Å². The van der Waals surface area contributed by atoms with Gasteiger partial charge in [0.15, 0.2) is 0 Å². The highest BCUT2D eigenvalue weighted by atomic mass is 32.2. The molecule has 1 fully saturated rings. The van der Waals surface area contributed by atoms with E-state index in [9.17, 15) is 13.2 Å². The summed E-state index contributed by atoms with van der Waals surface area (Å²) >= 11 is 1.07. The lowest BCUT2D eigenvalue weighted by Crippen LogP contribution is -2.49. The number of rotatable bonds is 4. The summed E-state index contributed by atoms with van der Waals surface area (Å²) in [5, 5.41) is 1.59. The highest BCUT2D eigenvalue weighted by Gasteiger charge is 2.33. The van der Waals surface area contributed by atoms with Crippen molar-refractivity contribution in [2.75, 3.05) is 38.2 Å². The van der Waals surface area contributed by atoms with E-state index in [1.807, 2.05) is 25.1 Å². The summed E-state index contributed by atoms with van der Waals surface area (Å²) in [7, 11) is -2.48. The first-order valence-corrected chi connectivity index (χ1v) is 10.1. The minimum Gasteiger partial charge on any atom is -0.465 e. The average molecular weight is 381 g/mol. The van der Waals surface area contributed by atoms with Crippen LogP contribution in [0.2, 0.25) is 0 Å². The average Bonchev–Trinajstić information content (AvgIpc) is 3.12. The number of methoxy groups -OCH3 is 1. The standard InChI is InChI=1S/C16H19N3O4S2/c1-12-4-3-5-14(17-12)18-7-9-19(10-8-18)25(21,22)13-6-11-24-15(13)16(20)23-2/h3-6,11H,7-10H2,1-2H3. The van der Waals surface area contributed by atoms with Crippen molar-refractivity contribution in [3.05, 3.63) is 40.2 Å². The number of pyridine rings is 1. The summed E-state index contributed by atoms with van der Waals surface area (Å²) in [6, 6.07) is 7.25. The lowest BCUT2D eigenvalue weighted by atomic mass is 10.3. The molecule has 0 radical (unpaired) electrons. The zero-order chi connectivity index (χ0) is 18.0. The third kappa shape index (κ3) is 3.53. The molecule has 0 saturated carbocycles. The Hall–Kier alpha value is -1.97. The second-order valence-corrected chi connectivity index (χ2v) is 8.46. The Balaban J connectivity index is 1.76. The predicted octanol–water partition coefficient (Wildman–Crippen LogP) is 1.75. The molecule has 1 aliphatic heterocycles. The van der Waals surface area contributed by atoms with Crippen LogP contribution in [0.15, 0.2) is 34.5 Å². The number of carbonyl (C=O) groups excluding carboxylic acids is 1. The lowest BCUT2D eigenvalue weighted by molar-refractivity contribution is 0.0602. The highest BCUT2D eigenvalue weighted by Crippen LogP contribution is 2.27. The number of sulfonamides is 1. The van der Waals surface area contributed by atoms with Crippen molar-refractivity contribution in [2.24, 2.45) is 0 Å². The van der Waals surface area contributed by atoms with Crippen molar-refractivity contribution in [3.63, 3.8) is 0 Å². The molecule has 0 N–H and O–H groups in total. The van der Waals surface area contributed by atoms with Gasteiger partial charge in [0.1, 0.15) is 15.6 Å². The largest absolute Gasteiger partial charge is 0.465 e. The predicted molar refractivity (Wildman–Crippen MR) is 95.6 cm³/mol. The molecule has 7 nitrogen and oxygen atoms in total. The van der Waals surface area contributed by atoms with Crippen LogP contribution < -0.4 is 4.90 Å². The van der Waals surface area contributed by atoms with E-state index in [1.54, 1.807) is 5.38 Å². The van der Waals surface area contributed by atoms with Crippen LogP contribution in [-0.4, -0.2) is 57.0 Å². The Morgan fingerprint density at radius 1 is 1.20 bits per heavy atom. The second kappa shape index (κ2) is 7.11. The van der Waals surface area contributed by atoms with Crippen molar-refractivity contribution in [3.8, 4) is 0 Å². The van der Waals surface area contributed by atoms with Crippen LogP contribution in [0.5, 0.6) is 0 Å². The van der Waals surface area contributed by atoms with Gasteiger partial charge in [-0.1, -0.05) is 6.07 Å². The first-order chi connectivity index (χ1) is 11.9. The number of aromatic nitrogens is 1. The van der Waals surface area contributed by atoms with Crippen molar-refractivity contribution >= 4 is 33.1 Å². The number of carbonyl (C=O) groups is 1. The molecule has 0 atom stereocenters. The fourth-order valence-electron chi connectivity index (χ4n) is 2.74. The SMILES string of the molecule is COC(=O)c1sccc1S(=O)(=O)N1CCN(c2cccc(C)n2)CC1. The van der Waals surface area contributed by atoms with Crippen molar-refractivity contribution < 1.29 is 17.9 Å². The molecular weight excluding hydrogens is 362 g/mol. The molecule has 0 amide bonds. The van der Waals surface area contributed by atoms with E-state index in [4.69, 9.17) is 0 Å². The Kier molecular flexibility index (Phi) is 5.07. The van der Waals surface area contributed by atoms with Crippen molar-refractivity contribution in [2.45, 2.75) is 11.8 Å². The second-order valence-electron chi connectivity index (χ2n) is 5.63. The van der Waals surface area contributed by atoms with Gasteiger partial charge in [-0.15, -0.1) is 11.3 Å². The van der Waals surface area contributed by atoms with Crippen LogP contribution in [0.25, 0.3) is 0 Å². The number of nitrogens with zero attached hydrogens (tertiary/aromatic N) is 3. The molecule has 3 heterocycles. The van der Waals surface area contributed by atoms with E-state index in [1.165, 1.54) is 17.5 Å². The van der Waals surface area contributed by atoms with E-state index in [0.717, 1.165) is 22.8 Å². The number of aryl methyl sites for hydroxylation is 1. The molecule has 25 heavy (non-hydrogen) atoms. The molecule has 134 valence electrons. The summed E-state index contributed by atoms with van der Waals surface area (Å²) < 4.78 is 31.8. The van der Waals surface area contributed by atoms with E-state index < -0.39 is 16.0 Å². The quantitative estimate of drug-likeness (QED) is 0.751. The minimum atomic E-state index is -3.72. The number of thiophene rings is 1. The number of ether oxygens (including phenoxy) is 1. The monoisotopic (exact) mass is 381 g/mol. The van der Waals surface area contributed by atoms with E-state index in [0.29, 0.717) is 26.2 Å². The molecule has 9 heteroatoms. The molecule has 0 aliphatic carbocycles. The first-order valence-electron chi connectivity index (χ1n) is 7.78. The Morgan fingerprint density at radius 2 is 1.92 bits per heavy atom. The zero-order valence-corrected chi connectivity index (χ0v) is 15.6. The summed E-state index contributed by atoms with van der Waals surface area (Å²) in [4.78, 5) is 18.5.